The molecule has 0 aliphatic rings. The smallest absolute Gasteiger partial charge is 0.493 e. The van der Waals surface area contributed by atoms with Crippen LogP contribution in [0.1, 0.15) is 5.69 Å². The topological polar surface area (TPSA) is 31.4 Å². The average molecular weight is 362 g/mol. The Balaban J connectivity index is 1.91. The highest BCUT2D eigenvalue weighted by atomic mass is 79.9. The van der Waals surface area contributed by atoms with E-state index < -0.39 is 6.36 Å². The van der Waals surface area contributed by atoms with Crippen LogP contribution in [0.5, 0.6) is 11.5 Å². The first-order valence-corrected chi connectivity index (χ1v) is 6.81. The highest BCUT2D eigenvalue weighted by Gasteiger charge is 2.31. The number of aromatic nitrogens is 1. The first kappa shape index (κ1) is 15.6. The molecule has 0 saturated heterocycles. The molecule has 0 amide bonds. The van der Waals surface area contributed by atoms with Gasteiger partial charge in [0.05, 0.1) is 11.1 Å². The van der Waals surface area contributed by atoms with Crippen LogP contribution in [-0.4, -0.2) is 18.0 Å². The van der Waals surface area contributed by atoms with Crippen molar-refractivity contribution < 1.29 is 22.6 Å². The zero-order valence-corrected chi connectivity index (χ0v) is 12.3. The van der Waals surface area contributed by atoms with Crippen molar-refractivity contribution >= 4 is 15.9 Å². The maximum Gasteiger partial charge on any atom is 0.573 e. The second kappa shape index (κ2) is 6.80. The molecule has 0 saturated carbocycles. The van der Waals surface area contributed by atoms with Crippen molar-refractivity contribution in [2.75, 3.05) is 6.61 Å². The summed E-state index contributed by atoms with van der Waals surface area (Å²) >= 11 is 3.02. The van der Waals surface area contributed by atoms with Gasteiger partial charge in [-0.25, -0.2) is 0 Å². The molecule has 1 aromatic heterocycles. The van der Waals surface area contributed by atoms with E-state index in [1.54, 1.807) is 6.20 Å². The number of pyridine rings is 1. The Morgan fingerprint density at radius 2 is 1.95 bits per heavy atom. The average Bonchev–Trinajstić information content (AvgIpc) is 2.42. The summed E-state index contributed by atoms with van der Waals surface area (Å²) in [7, 11) is 0. The Morgan fingerprint density at radius 3 is 2.57 bits per heavy atom. The molecule has 1 aromatic carbocycles. The van der Waals surface area contributed by atoms with Gasteiger partial charge < -0.3 is 9.47 Å². The molecule has 3 nitrogen and oxygen atoms in total. The van der Waals surface area contributed by atoms with E-state index in [1.165, 1.54) is 18.2 Å². The summed E-state index contributed by atoms with van der Waals surface area (Å²) in [5.41, 5.74) is 0.883. The molecule has 0 unspecified atom stereocenters. The zero-order chi connectivity index (χ0) is 15.3. The minimum Gasteiger partial charge on any atom is -0.493 e. The normalized spacial score (nSPS) is 11.2. The second-order valence-electron chi connectivity index (χ2n) is 4.06. The van der Waals surface area contributed by atoms with E-state index in [0.29, 0.717) is 18.8 Å². The number of ether oxygens (including phenoxy) is 2. The van der Waals surface area contributed by atoms with Crippen LogP contribution in [0.2, 0.25) is 0 Å². The van der Waals surface area contributed by atoms with Gasteiger partial charge in [0.15, 0.2) is 0 Å². The Hall–Kier alpha value is -1.76. The standard InChI is InChI=1S/C14H11BrF3NO2/c15-12-9-11(4-5-13(12)21-14(16,17)18)20-8-6-10-3-1-2-7-19-10/h1-5,7,9H,6,8H2. The molecule has 0 spiro atoms. The van der Waals surface area contributed by atoms with E-state index in [9.17, 15) is 13.2 Å². The van der Waals surface area contributed by atoms with E-state index in [-0.39, 0.29) is 10.2 Å². The summed E-state index contributed by atoms with van der Waals surface area (Å²) in [5.74, 6) is 0.145. The maximum atomic E-state index is 12.1. The molecular weight excluding hydrogens is 351 g/mol. The molecular formula is C14H11BrF3NO2. The van der Waals surface area contributed by atoms with Crippen LogP contribution in [0.25, 0.3) is 0 Å². The van der Waals surface area contributed by atoms with Crippen molar-refractivity contribution in [1.29, 1.82) is 0 Å². The third-order valence-electron chi connectivity index (χ3n) is 2.48. The summed E-state index contributed by atoms with van der Waals surface area (Å²) < 4.78 is 45.9. The van der Waals surface area contributed by atoms with Crippen molar-refractivity contribution in [1.82, 2.24) is 4.98 Å². The largest absolute Gasteiger partial charge is 0.573 e. The molecule has 0 aliphatic heterocycles. The van der Waals surface area contributed by atoms with E-state index in [0.717, 1.165) is 5.69 Å². The van der Waals surface area contributed by atoms with Gasteiger partial charge in [-0.2, -0.15) is 0 Å². The van der Waals surface area contributed by atoms with Gasteiger partial charge in [0, 0.05) is 18.3 Å². The van der Waals surface area contributed by atoms with Gasteiger partial charge in [-0.1, -0.05) is 6.07 Å². The summed E-state index contributed by atoms with van der Waals surface area (Å²) in [6.45, 7) is 0.378. The van der Waals surface area contributed by atoms with E-state index in [2.05, 4.69) is 25.7 Å². The fourth-order valence-electron chi connectivity index (χ4n) is 1.60. The van der Waals surface area contributed by atoms with Crippen LogP contribution in [0, 0.1) is 0 Å². The Kier molecular flexibility index (Phi) is 5.06. The van der Waals surface area contributed by atoms with Gasteiger partial charge in [-0.15, -0.1) is 13.2 Å². The predicted molar refractivity (Wildman–Crippen MR) is 74.3 cm³/mol. The number of rotatable bonds is 5. The minimum atomic E-state index is -4.72. The molecule has 1 heterocycles. The minimum absolute atomic E-state index is 0.176. The third-order valence-corrected chi connectivity index (χ3v) is 3.10. The molecule has 2 aromatic rings. The van der Waals surface area contributed by atoms with Crippen LogP contribution in [0.4, 0.5) is 13.2 Å². The Labute approximate surface area is 127 Å². The zero-order valence-electron chi connectivity index (χ0n) is 10.7. The molecule has 0 aliphatic carbocycles. The van der Waals surface area contributed by atoms with E-state index in [4.69, 9.17) is 4.74 Å². The number of nitrogens with zero attached hydrogens (tertiary/aromatic N) is 1. The van der Waals surface area contributed by atoms with Crippen LogP contribution in [0.15, 0.2) is 47.1 Å². The lowest BCUT2D eigenvalue weighted by atomic mass is 10.3. The lowest BCUT2D eigenvalue weighted by molar-refractivity contribution is -0.274. The highest BCUT2D eigenvalue weighted by Crippen LogP contribution is 2.33. The lowest BCUT2D eigenvalue weighted by Crippen LogP contribution is -2.17. The molecule has 112 valence electrons. The number of halogens is 4. The Bertz CT molecular complexity index is 591. The van der Waals surface area contributed by atoms with Crippen molar-refractivity contribution in [2.24, 2.45) is 0 Å². The lowest BCUT2D eigenvalue weighted by Gasteiger charge is -2.12. The summed E-state index contributed by atoms with van der Waals surface area (Å²) in [6.07, 6.45) is -2.42. The van der Waals surface area contributed by atoms with Gasteiger partial charge in [0.1, 0.15) is 11.5 Å². The van der Waals surface area contributed by atoms with Crippen LogP contribution in [-0.2, 0) is 6.42 Å². The predicted octanol–water partition coefficient (Wildman–Crippen LogP) is 4.36. The van der Waals surface area contributed by atoms with Crippen LogP contribution >= 0.6 is 15.9 Å². The van der Waals surface area contributed by atoms with Gasteiger partial charge in [0.2, 0.25) is 0 Å². The maximum absolute atomic E-state index is 12.1. The fraction of sp³-hybridized carbons (Fsp3) is 0.214. The first-order valence-electron chi connectivity index (χ1n) is 6.02. The highest BCUT2D eigenvalue weighted by molar-refractivity contribution is 9.10. The quantitative estimate of drug-likeness (QED) is 0.792. The summed E-state index contributed by atoms with van der Waals surface area (Å²) in [4.78, 5) is 4.15. The van der Waals surface area contributed by atoms with Crippen molar-refractivity contribution in [3.8, 4) is 11.5 Å². The Morgan fingerprint density at radius 1 is 1.14 bits per heavy atom. The third kappa shape index (κ3) is 5.26. The summed E-state index contributed by atoms with van der Waals surface area (Å²) in [5, 5.41) is 0. The van der Waals surface area contributed by atoms with Crippen LogP contribution in [0.3, 0.4) is 0 Å². The van der Waals surface area contributed by atoms with Crippen LogP contribution < -0.4 is 9.47 Å². The molecule has 7 heteroatoms. The van der Waals surface area contributed by atoms with Gasteiger partial charge in [-0.05, 0) is 46.3 Å². The molecule has 2 rings (SSSR count). The summed E-state index contributed by atoms with van der Waals surface area (Å²) in [6, 6.07) is 9.63. The molecule has 0 fully saturated rings. The molecule has 0 N–H and O–H groups in total. The van der Waals surface area contributed by atoms with Crippen molar-refractivity contribution in [2.45, 2.75) is 12.8 Å². The van der Waals surface area contributed by atoms with E-state index in [1.807, 2.05) is 18.2 Å². The molecule has 0 bridgehead atoms. The van der Waals surface area contributed by atoms with Crippen molar-refractivity contribution in [3.63, 3.8) is 0 Å². The number of hydrogen-bond donors (Lipinski definition) is 0. The number of benzene rings is 1. The first-order chi connectivity index (χ1) is 9.94. The van der Waals surface area contributed by atoms with Gasteiger partial charge in [0.25, 0.3) is 0 Å². The number of hydrogen-bond acceptors (Lipinski definition) is 3. The number of alkyl halides is 3. The second-order valence-corrected chi connectivity index (χ2v) is 4.91. The molecule has 0 atom stereocenters. The SMILES string of the molecule is FC(F)(F)Oc1ccc(OCCc2ccccn2)cc1Br. The molecule has 0 radical (unpaired) electrons. The van der Waals surface area contributed by atoms with Gasteiger partial charge in [-0.3, -0.25) is 4.98 Å². The molecule has 21 heavy (non-hydrogen) atoms. The van der Waals surface area contributed by atoms with Gasteiger partial charge >= 0.3 is 6.36 Å². The van der Waals surface area contributed by atoms with Crippen molar-refractivity contribution in [3.05, 3.63) is 52.8 Å². The monoisotopic (exact) mass is 361 g/mol. The van der Waals surface area contributed by atoms with E-state index >= 15 is 0 Å². The fourth-order valence-corrected chi connectivity index (χ4v) is 2.04.